The monoisotopic (exact) mass is 411 g/mol. The molecule has 2 atom stereocenters. The van der Waals surface area contributed by atoms with Crippen LogP contribution in [0.25, 0.3) is 0 Å². The van der Waals surface area contributed by atoms with Crippen LogP contribution in [0, 0.1) is 5.92 Å². The minimum atomic E-state index is -0.770. The number of carbonyl (C=O) groups is 1. The van der Waals surface area contributed by atoms with Gasteiger partial charge in [0.05, 0.1) is 17.7 Å². The van der Waals surface area contributed by atoms with Crippen LogP contribution in [0.15, 0.2) is 71.6 Å². The first-order valence-electron chi connectivity index (χ1n) is 8.73. The van der Waals surface area contributed by atoms with Gasteiger partial charge in [-0.1, -0.05) is 28.1 Å². The molecule has 1 aliphatic heterocycles. The third-order valence-corrected chi connectivity index (χ3v) is 5.55. The van der Waals surface area contributed by atoms with E-state index >= 15 is 0 Å². The zero-order chi connectivity index (χ0) is 18.1. The number of rotatable bonds is 4. The van der Waals surface area contributed by atoms with Crippen molar-refractivity contribution in [2.75, 3.05) is 0 Å². The van der Waals surface area contributed by atoms with Gasteiger partial charge in [-0.25, -0.2) is 4.57 Å². The molecular formula is C21H20BrN2O2+. The van der Waals surface area contributed by atoms with Crippen molar-refractivity contribution >= 4 is 21.7 Å². The zero-order valence-electron chi connectivity index (χ0n) is 14.3. The lowest BCUT2D eigenvalue weighted by Gasteiger charge is -2.27. The summed E-state index contributed by atoms with van der Waals surface area (Å²) in [6.07, 6.45) is 5.72. The van der Waals surface area contributed by atoms with Crippen LogP contribution in [-0.2, 0) is 13.1 Å². The van der Waals surface area contributed by atoms with Gasteiger partial charge in [0.1, 0.15) is 0 Å². The van der Waals surface area contributed by atoms with Crippen molar-refractivity contribution < 1.29 is 14.5 Å². The summed E-state index contributed by atoms with van der Waals surface area (Å²) in [6, 6.07) is 15.7. The van der Waals surface area contributed by atoms with Gasteiger partial charge >= 0.3 is 0 Å². The van der Waals surface area contributed by atoms with Crippen molar-refractivity contribution in [3.63, 3.8) is 0 Å². The molecule has 0 bridgehead atoms. The van der Waals surface area contributed by atoms with Gasteiger partial charge in [-0.2, -0.15) is 0 Å². The van der Waals surface area contributed by atoms with Crippen molar-refractivity contribution in [3.05, 3.63) is 88.4 Å². The van der Waals surface area contributed by atoms with Gasteiger partial charge in [0.25, 0.3) is 0 Å². The molecule has 0 spiro atoms. The quantitative estimate of drug-likeness (QED) is 0.667. The lowest BCUT2D eigenvalue weighted by molar-refractivity contribution is -0.688. The van der Waals surface area contributed by atoms with Gasteiger partial charge in [-0.3, -0.25) is 4.79 Å². The lowest BCUT2D eigenvalue weighted by atomic mass is 9.86. The van der Waals surface area contributed by atoms with Crippen LogP contribution in [0.5, 0.6) is 0 Å². The summed E-state index contributed by atoms with van der Waals surface area (Å²) in [5.74, 6) is -0.347. The Balaban J connectivity index is 1.48. The van der Waals surface area contributed by atoms with Crippen LogP contribution >= 0.6 is 15.9 Å². The third-order valence-electron chi connectivity index (χ3n) is 5.02. The van der Waals surface area contributed by atoms with Gasteiger partial charge in [0.2, 0.25) is 0 Å². The van der Waals surface area contributed by atoms with Crippen molar-refractivity contribution in [3.8, 4) is 0 Å². The first-order chi connectivity index (χ1) is 12.6. The number of hydrogen-bond acceptors (Lipinski definition) is 2. The number of nitrogens with zero attached hydrogens (tertiary/aromatic N) is 2. The number of Topliss-reactive ketones (excluding diaryl/α,β-unsaturated/α-hetero) is 1. The zero-order valence-corrected chi connectivity index (χ0v) is 15.8. The molecule has 5 heteroatoms. The summed E-state index contributed by atoms with van der Waals surface area (Å²) in [5.41, 5.74) is 2.69. The minimum Gasteiger partial charge on any atom is -0.388 e. The van der Waals surface area contributed by atoms with Gasteiger partial charge in [0, 0.05) is 34.9 Å². The van der Waals surface area contributed by atoms with Crippen molar-refractivity contribution in [2.45, 2.75) is 25.6 Å². The van der Waals surface area contributed by atoms with Crippen LogP contribution in [0.1, 0.15) is 34.1 Å². The number of fused-ring (bicyclic) bond motifs is 1. The molecule has 0 unspecified atom stereocenters. The Bertz CT molecular complexity index is 916. The van der Waals surface area contributed by atoms with E-state index in [1.807, 2.05) is 59.6 Å². The number of carbonyl (C=O) groups excluding carboxylic acids is 1. The maximum Gasteiger partial charge on any atom is 0.185 e. The predicted octanol–water partition coefficient (Wildman–Crippen LogP) is 3.52. The highest BCUT2D eigenvalue weighted by Crippen LogP contribution is 2.31. The number of hydrogen-bond donors (Lipinski definition) is 1. The molecule has 132 valence electrons. The van der Waals surface area contributed by atoms with Crippen molar-refractivity contribution in [1.82, 2.24) is 4.57 Å². The Labute approximate surface area is 160 Å². The maximum absolute atomic E-state index is 12.6. The second kappa shape index (κ2) is 7.17. The Morgan fingerprint density at radius 1 is 1.15 bits per heavy atom. The number of aliphatic hydroxyl groups excluding tert-OH is 1. The first kappa shape index (κ1) is 17.2. The molecule has 0 fully saturated rings. The van der Waals surface area contributed by atoms with Crippen molar-refractivity contribution in [1.29, 1.82) is 0 Å². The van der Waals surface area contributed by atoms with Gasteiger partial charge in [-0.15, -0.1) is 0 Å². The fourth-order valence-corrected chi connectivity index (χ4v) is 3.80. The Morgan fingerprint density at radius 2 is 1.88 bits per heavy atom. The second-order valence-electron chi connectivity index (χ2n) is 6.72. The Morgan fingerprint density at radius 3 is 2.62 bits per heavy atom. The molecule has 0 amide bonds. The molecular weight excluding hydrogens is 392 g/mol. The highest BCUT2D eigenvalue weighted by Gasteiger charge is 2.33. The van der Waals surface area contributed by atoms with Crippen LogP contribution in [0.4, 0.5) is 0 Å². The number of benzene rings is 1. The van der Waals surface area contributed by atoms with Crippen LogP contribution in [0.2, 0.25) is 0 Å². The fraction of sp³-hybridized carbons (Fsp3) is 0.238. The molecule has 26 heavy (non-hydrogen) atoms. The number of ketones is 1. The van der Waals surface area contributed by atoms with E-state index in [2.05, 4.69) is 32.6 Å². The highest BCUT2D eigenvalue weighted by atomic mass is 79.9. The number of pyridine rings is 1. The predicted molar refractivity (Wildman–Crippen MR) is 102 cm³/mol. The number of aromatic nitrogens is 2. The largest absolute Gasteiger partial charge is 0.388 e. The molecule has 3 aromatic rings. The SMILES string of the molecule is O=C1c2cccn2CC[C@H]1[C@@H](O)c1cc[n+](Cc2ccc(Br)cc2)cc1. The van der Waals surface area contributed by atoms with E-state index in [0.29, 0.717) is 12.1 Å². The molecule has 2 aromatic heterocycles. The van der Waals surface area contributed by atoms with Gasteiger partial charge < -0.3 is 9.67 Å². The van der Waals surface area contributed by atoms with E-state index < -0.39 is 6.10 Å². The van der Waals surface area contributed by atoms with Crippen LogP contribution in [-0.4, -0.2) is 15.5 Å². The Kier molecular flexibility index (Phi) is 4.74. The summed E-state index contributed by atoms with van der Waals surface area (Å²) in [4.78, 5) is 12.6. The van der Waals surface area contributed by atoms with E-state index in [1.165, 1.54) is 5.56 Å². The molecule has 0 radical (unpaired) electrons. The molecule has 1 aliphatic rings. The smallest absolute Gasteiger partial charge is 0.185 e. The number of aryl methyl sites for hydroxylation is 1. The second-order valence-corrected chi connectivity index (χ2v) is 7.64. The Hall–Kier alpha value is -2.24. The van der Waals surface area contributed by atoms with E-state index in [9.17, 15) is 9.90 Å². The lowest BCUT2D eigenvalue weighted by Crippen LogP contribution is -2.34. The standard InChI is InChI=1S/C21H20BrN2O2/c22-17-5-3-15(4-6-17)14-23-11-7-16(8-12-23)20(25)18-9-13-24-10-1-2-19(24)21(18)26/h1-8,10-12,18,20,25H,9,13-14H2/q+1/t18-,20-/m0/s1. The average Bonchev–Trinajstić information content (AvgIpc) is 3.14. The highest BCUT2D eigenvalue weighted by molar-refractivity contribution is 9.10. The van der Waals surface area contributed by atoms with E-state index in [4.69, 9.17) is 0 Å². The van der Waals surface area contributed by atoms with E-state index in [-0.39, 0.29) is 11.7 Å². The molecule has 3 heterocycles. The molecule has 1 aromatic carbocycles. The summed E-state index contributed by atoms with van der Waals surface area (Å²) >= 11 is 3.44. The van der Waals surface area contributed by atoms with Gasteiger partial charge in [-0.05, 0) is 36.2 Å². The number of aliphatic hydroxyl groups is 1. The summed E-state index contributed by atoms with van der Waals surface area (Å²) in [7, 11) is 0. The molecule has 4 rings (SSSR count). The molecule has 0 saturated carbocycles. The summed E-state index contributed by atoms with van der Waals surface area (Å²) < 4.78 is 5.09. The minimum absolute atomic E-state index is 0.0281. The van der Waals surface area contributed by atoms with Gasteiger partial charge in [0.15, 0.2) is 24.7 Å². The molecule has 1 N–H and O–H groups in total. The van der Waals surface area contributed by atoms with Crippen LogP contribution in [0.3, 0.4) is 0 Å². The molecule has 4 nitrogen and oxygen atoms in total. The molecule has 0 saturated heterocycles. The topological polar surface area (TPSA) is 46.1 Å². The third kappa shape index (κ3) is 3.37. The average molecular weight is 412 g/mol. The fourth-order valence-electron chi connectivity index (χ4n) is 3.54. The maximum atomic E-state index is 12.6. The van der Waals surface area contributed by atoms with Crippen molar-refractivity contribution in [2.24, 2.45) is 5.92 Å². The first-order valence-corrected chi connectivity index (χ1v) is 9.52. The molecule has 0 aliphatic carbocycles. The van der Waals surface area contributed by atoms with E-state index in [0.717, 1.165) is 23.1 Å². The van der Waals surface area contributed by atoms with E-state index in [1.54, 1.807) is 0 Å². The summed E-state index contributed by atoms with van der Waals surface area (Å²) in [5, 5.41) is 10.7. The summed E-state index contributed by atoms with van der Waals surface area (Å²) in [6.45, 7) is 1.53. The normalized spacial score (nSPS) is 17.8. The number of halogens is 1. The van der Waals surface area contributed by atoms with Crippen LogP contribution < -0.4 is 4.57 Å².